The minimum absolute atomic E-state index is 0.147. The fraction of sp³-hybridized carbons (Fsp3) is 0.100. The summed E-state index contributed by atoms with van der Waals surface area (Å²) < 4.78 is 26.5. The molecule has 0 aliphatic rings. The summed E-state index contributed by atoms with van der Waals surface area (Å²) in [7, 11) is -4.04. The van der Waals surface area contributed by atoms with Crippen LogP contribution >= 0.6 is 0 Å². The first-order valence-corrected chi connectivity index (χ1v) is 6.61. The van der Waals surface area contributed by atoms with Crippen LogP contribution in [0.5, 0.6) is 0 Å². The SMILES string of the molecule is Cc1[nH]nc(C(=O)O)c1S(=O)(=O)Nc1cccnc1. The Morgan fingerprint density at radius 1 is 1.47 bits per heavy atom. The van der Waals surface area contributed by atoms with E-state index in [0.29, 0.717) is 0 Å². The number of hydrogen-bond acceptors (Lipinski definition) is 5. The average Bonchev–Trinajstić information content (AvgIpc) is 2.73. The molecule has 2 aromatic rings. The van der Waals surface area contributed by atoms with Crippen molar-refractivity contribution >= 4 is 21.7 Å². The number of nitrogens with zero attached hydrogens (tertiary/aromatic N) is 2. The van der Waals surface area contributed by atoms with E-state index in [1.165, 1.54) is 25.4 Å². The second-order valence-electron chi connectivity index (χ2n) is 3.68. The third-order valence-electron chi connectivity index (χ3n) is 2.28. The zero-order chi connectivity index (χ0) is 14.0. The summed E-state index contributed by atoms with van der Waals surface area (Å²) in [6, 6.07) is 3.05. The summed E-state index contributed by atoms with van der Waals surface area (Å²) in [5, 5.41) is 14.7. The highest BCUT2D eigenvalue weighted by molar-refractivity contribution is 7.92. The van der Waals surface area contributed by atoms with Gasteiger partial charge in [0.1, 0.15) is 4.90 Å². The minimum Gasteiger partial charge on any atom is -0.476 e. The van der Waals surface area contributed by atoms with Crippen LogP contribution < -0.4 is 4.72 Å². The number of carbonyl (C=O) groups is 1. The molecular weight excluding hydrogens is 272 g/mol. The molecule has 2 rings (SSSR count). The van der Waals surface area contributed by atoms with Gasteiger partial charge in [-0.1, -0.05) is 0 Å². The first-order valence-electron chi connectivity index (χ1n) is 5.13. The number of aromatic carboxylic acids is 1. The van der Waals surface area contributed by atoms with Crippen LogP contribution in [0.25, 0.3) is 0 Å². The molecule has 0 atom stereocenters. The van der Waals surface area contributed by atoms with Crippen LogP contribution in [0, 0.1) is 6.92 Å². The molecule has 0 unspecified atom stereocenters. The van der Waals surface area contributed by atoms with Gasteiger partial charge in [0, 0.05) is 6.20 Å². The second kappa shape index (κ2) is 4.69. The Balaban J connectivity index is 2.46. The monoisotopic (exact) mass is 282 g/mol. The number of rotatable bonds is 4. The maximum atomic E-state index is 12.1. The summed E-state index contributed by atoms with van der Waals surface area (Å²) in [4.78, 5) is 14.3. The van der Waals surface area contributed by atoms with Gasteiger partial charge in [0.05, 0.1) is 17.6 Å². The molecule has 0 bridgehead atoms. The smallest absolute Gasteiger partial charge is 0.357 e. The van der Waals surface area contributed by atoms with Gasteiger partial charge in [0.2, 0.25) is 0 Å². The van der Waals surface area contributed by atoms with Crippen LogP contribution in [0.2, 0.25) is 0 Å². The van der Waals surface area contributed by atoms with Crippen molar-refractivity contribution in [3.63, 3.8) is 0 Å². The summed E-state index contributed by atoms with van der Waals surface area (Å²) in [5.41, 5.74) is -0.165. The van der Waals surface area contributed by atoms with E-state index in [0.717, 1.165) is 0 Å². The molecule has 2 aromatic heterocycles. The minimum atomic E-state index is -4.04. The van der Waals surface area contributed by atoms with E-state index < -0.39 is 21.7 Å². The number of pyridine rings is 1. The van der Waals surface area contributed by atoms with E-state index in [2.05, 4.69) is 19.9 Å². The molecule has 9 heteroatoms. The zero-order valence-corrected chi connectivity index (χ0v) is 10.6. The Kier molecular flexibility index (Phi) is 3.21. The Morgan fingerprint density at radius 2 is 2.21 bits per heavy atom. The van der Waals surface area contributed by atoms with Gasteiger partial charge in [-0.25, -0.2) is 13.2 Å². The van der Waals surface area contributed by atoms with Crippen molar-refractivity contribution in [3.05, 3.63) is 35.9 Å². The van der Waals surface area contributed by atoms with E-state index in [1.807, 2.05) is 0 Å². The topological polar surface area (TPSA) is 125 Å². The predicted octanol–water partition coefficient (Wildman–Crippen LogP) is 0.612. The average molecular weight is 282 g/mol. The van der Waals surface area contributed by atoms with Crippen molar-refractivity contribution in [1.29, 1.82) is 0 Å². The molecule has 19 heavy (non-hydrogen) atoms. The number of aryl methyl sites for hydroxylation is 1. The fourth-order valence-electron chi connectivity index (χ4n) is 1.52. The van der Waals surface area contributed by atoms with E-state index in [1.54, 1.807) is 6.07 Å². The molecule has 2 heterocycles. The number of carboxylic acids is 1. The van der Waals surface area contributed by atoms with E-state index in [9.17, 15) is 13.2 Å². The third-order valence-corrected chi connectivity index (χ3v) is 3.82. The molecule has 0 amide bonds. The molecular formula is C10H10N4O4S. The third kappa shape index (κ3) is 2.55. The van der Waals surface area contributed by atoms with Crippen molar-refractivity contribution in [2.24, 2.45) is 0 Å². The van der Waals surface area contributed by atoms with Gasteiger partial charge >= 0.3 is 5.97 Å². The molecule has 0 aromatic carbocycles. The molecule has 0 aliphatic carbocycles. The van der Waals surface area contributed by atoms with E-state index in [-0.39, 0.29) is 16.3 Å². The summed E-state index contributed by atoms with van der Waals surface area (Å²) in [5.74, 6) is -1.42. The molecule has 0 aliphatic heterocycles. The Morgan fingerprint density at radius 3 is 2.79 bits per heavy atom. The first kappa shape index (κ1) is 13.0. The van der Waals surface area contributed by atoms with Gasteiger partial charge in [-0.2, -0.15) is 5.10 Å². The van der Waals surface area contributed by atoms with Gasteiger partial charge in [0.25, 0.3) is 10.0 Å². The lowest BCUT2D eigenvalue weighted by Crippen LogP contribution is -2.17. The van der Waals surface area contributed by atoms with Gasteiger partial charge < -0.3 is 5.11 Å². The predicted molar refractivity (Wildman–Crippen MR) is 65.3 cm³/mol. The number of nitrogens with one attached hydrogen (secondary N) is 2. The molecule has 0 spiro atoms. The van der Waals surface area contributed by atoms with Gasteiger partial charge in [0.15, 0.2) is 5.69 Å². The Hall–Kier alpha value is -2.42. The molecule has 0 saturated carbocycles. The summed E-state index contributed by atoms with van der Waals surface area (Å²) in [6.07, 6.45) is 2.80. The largest absolute Gasteiger partial charge is 0.476 e. The van der Waals surface area contributed by atoms with Crippen LogP contribution in [0.4, 0.5) is 5.69 Å². The second-order valence-corrected chi connectivity index (χ2v) is 5.30. The van der Waals surface area contributed by atoms with Crippen LogP contribution in [-0.4, -0.2) is 34.7 Å². The van der Waals surface area contributed by atoms with Crippen molar-refractivity contribution < 1.29 is 18.3 Å². The number of anilines is 1. The normalized spacial score (nSPS) is 11.2. The van der Waals surface area contributed by atoms with Gasteiger partial charge in [-0.3, -0.25) is 14.8 Å². The van der Waals surface area contributed by atoms with Crippen molar-refractivity contribution in [2.45, 2.75) is 11.8 Å². The fourth-order valence-corrected chi connectivity index (χ4v) is 2.89. The number of sulfonamides is 1. The quantitative estimate of drug-likeness (QED) is 0.754. The van der Waals surface area contributed by atoms with E-state index in [4.69, 9.17) is 5.11 Å². The highest BCUT2D eigenvalue weighted by Crippen LogP contribution is 2.20. The van der Waals surface area contributed by atoms with Crippen LogP contribution in [0.15, 0.2) is 29.4 Å². The maximum absolute atomic E-state index is 12.1. The molecule has 0 radical (unpaired) electrons. The van der Waals surface area contributed by atoms with Crippen LogP contribution in [0.1, 0.15) is 16.2 Å². The zero-order valence-electron chi connectivity index (χ0n) is 9.78. The van der Waals surface area contributed by atoms with Gasteiger partial charge in [-0.05, 0) is 19.1 Å². The lowest BCUT2D eigenvalue weighted by Gasteiger charge is -2.07. The lowest BCUT2D eigenvalue weighted by atomic mass is 10.4. The highest BCUT2D eigenvalue weighted by atomic mass is 32.2. The summed E-state index contributed by atoms with van der Waals surface area (Å²) >= 11 is 0. The number of hydrogen-bond donors (Lipinski definition) is 3. The van der Waals surface area contributed by atoms with Crippen LogP contribution in [-0.2, 0) is 10.0 Å². The Bertz CT molecular complexity index is 708. The molecule has 0 saturated heterocycles. The first-order chi connectivity index (χ1) is 8.92. The molecule has 3 N–H and O–H groups in total. The number of carboxylic acid groups (broad SMARTS) is 1. The number of H-pyrrole nitrogens is 1. The summed E-state index contributed by atoms with van der Waals surface area (Å²) in [6.45, 7) is 1.43. The molecule has 100 valence electrons. The van der Waals surface area contributed by atoms with Gasteiger partial charge in [-0.15, -0.1) is 0 Å². The number of aromatic amines is 1. The standard InChI is InChI=1S/C10H10N4O4S/c1-6-9(8(10(15)16)13-12-6)19(17,18)14-7-3-2-4-11-5-7/h2-5,14H,1H3,(H,12,13)(H,15,16). The van der Waals surface area contributed by atoms with Crippen molar-refractivity contribution in [3.8, 4) is 0 Å². The highest BCUT2D eigenvalue weighted by Gasteiger charge is 2.28. The number of aromatic nitrogens is 3. The molecule has 8 nitrogen and oxygen atoms in total. The maximum Gasteiger partial charge on any atom is 0.357 e. The van der Waals surface area contributed by atoms with Crippen molar-refractivity contribution in [1.82, 2.24) is 15.2 Å². The van der Waals surface area contributed by atoms with Crippen molar-refractivity contribution in [2.75, 3.05) is 4.72 Å². The van der Waals surface area contributed by atoms with E-state index >= 15 is 0 Å². The Labute approximate surface area is 108 Å². The molecule has 0 fully saturated rings. The lowest BCUT2D eigenvalue weighted by molar-refractivity contribution is 0.0686. The van der Waals surface area contributed by atoms with Crippen LogP contribution in [0.3, 0.4) is 0 Å².